The van der Waals surface area contributed by atoms with Crippen LogP contribution in [-0.2, 0) is 16.3 Å². The fourth-order valence-electron chi connectivity index (χ4n) is 3.70. The molecule has 0 aliphatic carbocycles. The molecule has 30 heavy (non-hydrogen) atoms. The Morgan fingerprint density at radius 1 is 1.13 bits per heavy atom. The molecule has 6 heteroatoms. The van der Waals surface area contributed by atoms with Gasteiger partial charge in [0.2, 0.25) is 0 Å². The highest BCUT2D eigenvalue weighted by Crippen LogP contribution is 2.35. The lowest BCUT2D eigenvalue weighted by Crippen LogP contribution is -2.37. The first-order valence-corrected chi connectivity index (χ1v) is 11.8. The molecule has 0 unspecified atom stereocenters. The molecular weight excluding hydrogens is 396 g/mol. The molecule has 3 rings (SSSR count). The zero-order chi connectivity index (χ0) is 21.9. The molecule has 1 heterocycles. The number of para-hydroxylation sites is 1. The van der Waals surface area contributed by atoms with E-state index in [9.17, 15) is 13.2 Å². The van der Waals surface area contributed by atoms with Crippen molar-refractivity contribution in [3.05, 3.63) is 82.8 Å². The molecule has 2 aromatic carbocycles. The maximum Gasteiger partial charge on any atom is 0.253 e. The third-order valence-electron chi connectivity index (χ3n) is 4.93. The van der Waals surface area contributed by atoms with E-state index in [0.29, 0.717) is 12.0 Å². The van der Waals surface area contributed by atoms with Crippen molar-refractivity contribution < 1.29 is 13.2 Å². The molecule has 1 aliphatic heterocycles. The predicted molar refractivity (Wildman–Crippen MR) is 123 cm³/mol. The minimum absolute atomic E-state index is 0.246. The van der Waals surface area contributed by atoms with Crippen LogP contribution in [-0.4, -0.2) is 32.2 Å². The Labute approximate surface area is 178 Å². The monoisotopic (exact) mass is 424 g/mol. The van der Waals surface area contributed by atoms with Crippen molar-refractivity contribution in [3.8, 4) is 0 Å². The predicted octanol–water partition coefficient (Wildman–Crippen LogP) is 4.19. The number of carbonyl (C=O) groups excluding carboxylic acids is 1. The maximum absolute atomic E-state index is 13.2. The van der Waals surface area contributed by atoms with Crippen molar-refractivity contribution >= 4 is 27.0 Å². The van der Waals surface area contributed by atoms with Crippen LogP contribution in [0.25, 0.3) is 5.57 Å². The SMILES string of the molecule is CC1=CC(C)(C)Nc2c(C(=O)N[C@H](/C=C/S(C)(=O)=O)Cc3ccccc3)cccc21. The Morgan fingerprint density at radius 3 is 2.50 bits per heavy atom. The summed E-state index contributed by atoms with van der Waals surface area (Å²) in [6, 6.07) is 14.9. The topological polar surface area (TPSA) is 75.3 Å². The van der Waals surface area contributed by atoms with Crippen molar-refractivity contribution in [2.24, 2.45) is 0 Å². The highest BCUT2D eigenvalue weighted by molar-refractivity contribution is 7.93. The summed E-state index contributed by atoms with van der Waals surface area (Å²) >= 11 is 0. The van der Waals surface area contributed by atoms with Crippen LogP contribution in [0.5, 0.6) is 0 Å². The van der Waals surface area contributed by atoms with E-state index >= 15 is 0 Å². The molecule has 0 saturated carbocycles. The Bertz CT molecular complexity index is 1100. The molecule has 1 aliphatic rings. The summed E-state index contributed by atoms with van der Waals surface area (Å²) < 4.78 is 23.3. The zero-order valence-electron chi connectivity index (χ0n) is 17.8. The number of fused-ring (bicyclic) bond motifs is 1. The smallest absolute Gasteiger partial charge is 0.253 e. The third-order valence-corrected chi connectivity index (χ3v) is 5.58. The quantitative estimate of drug-likeness (QED) is 0.729. The van der Waals surface area contributed by atoms with Crippen molar-refractivity contribution in [2.75, 3.05) is 11.6 Å². The number of sulfone groups is 1. The lowest BCUT2D eigenvalue weighted by Gasteiger charge is -2.32. The average molecular weight is 425 g/mol. The van der Waals surface area contributed by atoms with Crippen LogP contribution >= 0.6 is 0 Å². The standard InChI is InChI=1S/C24H28N2O3S/c1-17-16-24(2,3)26-22-20(17)11-8-12-21(22)23(27)25-19(13-14-30(4,28)29)15-18-9-6-5-7-10-18/h5-14,16,19,26H,15H2,1-4H3,(H,25,27)/b14-13+/t19-/m1/s1. The fourth-order valence-corrected chi connectivity index (χ4v) is 4.18. The molecule has 0 bridgehead atoms. The first kappa shape index (κ1) is 21.8. The number of anilines is 1. The van der Waals surface area contributed by atoms with Crippen molar-refractivity contribution in [1.29, 1.82) is 0 Å². The molecule has 0 spiro atoms. The first-order chi connectivity index (χ1) is 14.0. The minimum Gasteiger partial charge on any atom is -0.376 e. The van der Waals surface area contributed by atoms with E-state index in [4.69, 9.17) is 0 Å². The van der Waals surface area contributed by atoms with Crippen LogP contribution in [0.3, 0.4) is 0 Å². The zero-order valence-corrected chi connectivity index (χ0v) is 18.6. The second-order valence-corrected chi connectivity index (χ2v) is 10.3. The highest BCUT2D eigenvalue weighted by atomic mass is 32.2. The first-order valence-electron chi connectivity index (χ1n) is 9.88. The lowest BCUT2D eigenvalue weighted by molar-refractivity contribution is 0.0945. The Balaban J connectivity index is 1.91. The molecule has 0 fully saturated rings. The van der Waals surface area contributed by atoms with Gasteiger partial charge in [0.05, 0.1) is 22.8 Å². The normalized spacial score (nSPS) is 16.3. The number of rotatable bonds is 6. The Hall–Kier alpha value is -2.86. The van der Waals surface area contributed by atoms with Crippen molar-refractivity contribution in [2.45, 2.75) is 38.8 Å². The van der Waals surface area contributed by atoms with Gasteiger partial charge >= 0.3 is 0 Å². The van der Waals surface area contributed by atoms with Gasteiger partial charge in [0.1, 0.15) is 0 Å². The van der Waals surface area contributed by atoms with Crippen LogP contribution in [0.15, 0.2) is 66.1 Å². The maximum atomic E-state index is 13.2. The van der Waals surface area contributed by atoms with Gasteiger partial charge in [0, 0.05) is 17.2 Å². The van der Waals surface area contributed by atoms with Gasteiger partial charge in [0.15, 0.2) is 9.84 Å². The largest absolute Gasteiger partial charge is 0.376 e. The van der Waals surface area contributed by atoms with Gasteiger partial charge in [-0.1, -0.05) is 54.6 Å². The van der Waals surface area contributed by atoms with E-state index in [-0.39, 0.29) is 11.4 Å². The molecule has 2 aromatic rings. The van der Waals surface area contributed by atoms with Gasteiger partial charge in [0.25, 0.3) is 5.91 Å². The molecule has 0 radical (unpaired) electrons. The van der Waals surface area contributed by atoms with Crippen molar-refractivity contribution in [3.63, 3.8) is 0 Å². The van der Waals surface area contributed by atoms with Crippen LogP contribution < -0.4 is 10.6 Å². The van der Waals surface area contributed by atoms with Gasteiger partial charge in [-0.15, -0.1) is 0 Å². The van der Waals surface area contributed by atoms with E-state index in [1.54, 1.807) is 6.07 Å². The average Bonchev–Trinajstić information content (AvgIpc) is 2.65. The summed E-state index contributed by atoms with van der Waals surface area (Å²) in [7, 11) is -3.30. The Morgan fingerprint density at radius 2 is 1.83 bits per heavy atom. The number of amides is 1. The number of allylic oxidation sites excluding steroid dienone is 1. The summed E-state index contributed by atoms with van der Waals surface area (Å²) in [6.07, 6.45) is 5.31. The van der Waals surface area contributed by atoms with Crippen LogP contribution in [0.1, 0.15) is 42.3 Å². The highest BCUT2D eigenvalue weighted by Gasteiger charge is 2.26. The van der Waals surface area contributed by atoms with Crippen LogP contribution in [0.4, 0.5) is 5.69 Å². The van der Waals surface area contributed by atoms with E-state index in [1.807, 2.05) is 49.4 Å². The van der Waals surface area contributed by atoms with Crippen molar-refractivity contribution in [1.82, 2.24) is 5.32 Å². The second-order valence-electron chi connectivity index (χ2n) is 8.33. The van der Waals surface area contributed by atoms with Gasteiger partial charge in [-0.05, 0) is 44.4 Å². The Kier molecular flexibility index (Phi) is 6.17. The van der Waals surface area contributed by atoms with E-state index < -0.39 is 15.9 Å². The number of hydrogen-bond donors (Lipinski definition) is 2. The fraction of sp³-hybridized carbons (Fsp3) is 0.292. The molecule has 5 nitrogen and oxygen atoms in total. The molecule has 1 atom stereocenters. The minimum atomic E-state index is -3.30. The number of carbonyl (C=O) groups is 1. The lowest BCUT2D eigenvalue weighted by atomic mass is 9.89. The summed E-state index contributed by atoms with van der Waals surface area (Å²) in [5.41, 5.74) is 4.18. The van der Waals surface area contributed by atoms with E-state index in [2.05, 4.69) is 30.6 Å². The van der Waals surface area contributed by atoms with Crippen LogP contribution in [0.2, 0.25) is 0 Å². The van der Waals surface area contributed by atoms with Gasteiger partial charge in [-0.3, -0.25) is 4.79 Å². The molecule has 2 N–H and O–H groups in total. The molecule has 158 valence electrons. The molecule has 0 saturated heterocycles. The summed E-state index contributed by atoms with van der Waals surface area (Å²) in [4.78, 5) is 13.2. The number of benzene rings is 2. The molecular formula is C24H28N2O3S. The van der Waals surface area contributed by atoms with Gasteiger partial charge in [-0.2, -0.15) is 0 Å². The van der Waals surface area contributed by atoms with Gasteiger partial charge in [-0.25, -0.2) is 8.42 Å². The summed E-state index contributed by atoms with van der Waals surface area (Å²) in [6.45, 7) is 6.15. The summed E-state index contributed by atoms with van der Waals surface area (Å²) in [5.74, 6) is -0.246. The molecule has 1 amide bonds. The number of nitrogens with one attached hydrogen (secondary N) is 2. The van der Waals surface area contributed by atoms with Gasteiger partial charge < -0.3 is 10.6 Å². The second kappa shape index (κ2) is 8.48. The van der Waals surface area contributed by atoms with E-state index in [0.717, 1.165) is 34.1 Å². The third kappa shape index (κ3) is 5.60. The van der Waals surface area contributed by atoms with Crippen LogP contribution in [0, 0.1) is 0 Å². The molecule has 0 aromatic heterocycles. The number of hydrogen-bond acceptors (Lipinski definition) is 4. The van der Waals surface area contributed by atoms with E-state index in [1.165, 1.54) is 6.08 Å². The summed E-state index contributed by atoms with van der Waals surface area (Å²) in [5, 5.41) is 7.59.